The van der Waals surface area contributed by atoms with Gasteiger partial charge in [0.15, 0.2) is 0 Å². The van der Waals surface area contributed by atoms with Gasteiger partial charge in [0.25, 0.3) is 0 Å². The zero-order valence-corrected chi connectivity index (χ0v) is 9.28. The molecular weight excluding hydrogens is 180 g/mol. The van der Waals surface area contributed by atoms with E-state index in [4.69, 9.17) is 16.2 Å². The molecule has 2 atom stereocenters. The van der Waals surface area contributed by atoms with E-state index >= 15 is 0 Å². The Morgan fingerprint density at radius 2 is 1.93 bits per heavy atom. The highest BCUT2D eigenvalue weighted by atomic mass is 16.5. The summed E-state index contributed by atoms with van der Waals surface area (Å²) in [5, 5.41) is 9.63. The average Bonchev–Trinajstić information content (AvgIpc) is 2.15. The van der Waals surface area contributed by atoms with Gasteiger partial charge in [-0.1, -0.05) is 20.3 Å². The second kappa shape index (κ2) is 8.17. The second-order valence-electron chi connectivity index (χ2n) is 3.64. The van der Waals surface area contributed by atoms with Crippen LogP contribution in [-0.4, -0.2) is 30.1 Å². The smallest absolute Gasteiger partial charge is 0.0861 e. The lowest BCUT2D eigenvalue weighted by molar-refractivity contribution is -0.0460. The minimum atomic E-state index is -0.457. The summed E-state index contributed by atoms with van der Waals surface area (Å²) in [6, 6.07) is 0. The molecule has 14 heavy (non-hydrogen) atoms. The van der Waals surface area contributed by atoms with Gasteiger partial charge in [-0.05, 0) is 12.8 Å². The molecule has 0 heterocycles. The van der Waals surface area contributed by atoms with Gasteiger partial charge in [0.2, 0.25) is 0 Å². The predicted octanol–water partition coefficient (Wildman–Crippen LogP) is 0.576. The van der Waals surface area contributed by atoms with Gasteiger partial charge >= 0.3 is 0 Å². The first-order valence-electron chi connectivity index (χ1n) is 5.42. The van der Waals surface area contributed by atoms with E-state index in [0.29, 0.717) is 19.4 Å². The summed E-state index contributed by atoms with van der Waals surface area (Å²) < 4.78 is 5.54. The van der Waals surface area contributed by atoms with Crippen LogP contribution in [0.4, 0.5) is 0 Å². The average molecular weight is 204 g/mol. The van der Waals surface area contributed by atoms with E-state index in [-0.39, 0.29) is 6.10 Å². The Labute approximate surface area is 86.6 Å². The lowest BCUT2D eigenvalue weighted by Crippen LogP contribution is -2.40. The normalized spacial score (nSPS) is 15.9. The van der Waals surface area contributed by atoms with Crippen molar-refractivity contribution in [3.8, 4) is 0 Å². The van der Waals surface area contributed by atoms with E-state index in [9.17, 15) is 5.11 Å². The summed E-state index contributed by atoms with van der Waals surface area (Å²) in [5.74, 6) is 0. The molecule has 0 fully saturated rings. The maximum absolute atomic E-state index is 9.63. The standard InChI is InChI=1S/C10H24N2O2/c1-3-5-6-14-9(7-10(11)12)8(13)4-2/h8-10,13H,3-7,11-12H2,1-2H3. The van der Waals surface area contributed by atoms with Gasteiger partial charge in [-0.25, -0.2) is 0 Å². The Hall–Kier alpha value is -0.160. The Morgan fingerprint density at radius 3 is 2.36 bits per heavy atom. The van der Waals surface area contributed by atoms with E-state index in [1.807, 2.05) is 6.92 Å². The topological polar surface area (TPSA) is 81.5 Å². The van der Waals surface area contributed by atoms with Gasteiger partial charge in [0.05, 0.1) is 18.4 Å². The third kappa shape index (κ3) is 6.32. The van der Waals surface area contributed by atoms with Crippen LogP contribution in [-0.2, 0) is 4.74 Å². The SMILES string of the molecule is CCCCOC(CC(N)N)C(O)CC. The number of aliphatic hydroxyl groups is 1. The summed E-state index contributed by atoms with van der Waals surface area (Å²) in [7, 11) is 0. The van der Waals surface area contributed by atoms with Gasteiger partial charge in [-0.3, -0.25) is 0 Å². The molecule has 0 saturated carbocycles. The van der Waals surface area contributed by atoms with Crippen LogP contribution >= 0.6 is 0 Å². The monoisotopic (exact) mass is 204 g/mol. The molecule has 4 nitrogen and oxygen atoms in total. The van der Waals surface area contributed by atoms with Crippen LogP contribution in [0.2, 0.25) is 0 Å². The van der Waals surface area contributed by atoms with Gasteiger partial charge in [-0.2, -0.15) is 0 Å². The molecule has 86 valence electrons. The lowest BCUT2D eigenvalue weighted by Gasteiger charge is -2.23. The number of ether oxygens (including phenoxy) is 1. The van der Waals surface area contributed by atoms with Crippen molar-refractivity contribution in [3.63, 3.8) is 0 Å². The summed E-state index contributed by atoms with van der Waals surface area (Å²) in [5.41, 5.74) is 11.0. The fourth-order valence-corrected chi connectivity index (χ4v) is 1.25. The number of hydrogen-bond acceptors (Lipinski definition) is 4. The third-order valence-corrected chi connectivity index (χ3v) is 2.18. The number of aliphatic hydroxyl groups excluding tert-OH is 1. The first-order valence-corrected chi connectivity index (χ1v) is 5.42. The molecule has 0 radical (unpaired) electrons. The van der Waals surface area contributed by atoms with Crippen LogP contribution in [0.3, 0.4) is 0 Å². The summed E-state index contributed by atoms with van der Waals surface area (Å²) >= 11 is 0. The summed E-state index contributed by atoms with van der Waals surface area (Å²) in [4.78, 5) is 0. The minimum Gasteiger partial charge on any atom is -0.390 e. The Balaban J connectivity index is 3.84. The zero-order valence-electron chi connectivity index (χ0n) is 9.28. The fourth-order valence-electron chi connectivity index (χ4n) is 1.25. The van der Waals surface area contributed by atoms with Crippen molar-refractivity contribution in [1.29, 1.82) is 0 Å². The second-order valence-corrected chi connectivity index (χ2v) is 3.64. The van der Waals surface area contributed by atoms with E-state index < -0.39 is 12.3 Å². The molecular formula is C10H24N2O2. The first kappa shape index (κ1) is 13.8. The van der Waals surface area contributed by atoms with Crippen LogP contribution in [0.5, 0.6) is 0 Å². The summed E-state index contributed by atoms with van der Waals surface area (Å²) in [6.45, 7) is 4.69. The van der Waals surface area contributed by atoms with Crippen LogP contribution in [0.15, 0.2) is 0 Å². The highest BCUT2D eigenvalue weighted by molar-refractivity contribution is 4.71. The van der Waals surface area contributed by atoms with E-state index in [1.54, 1.807) is 0 Å². The molecule has 2 unspecified atom stereocenters. The van der Waals surface area contributed by atoms with Crippen LogP contribution in [0.1, 0.15) is 39.5 Å². The molecule has 0 aliphatic heterocycles. The molecule has 0 aromatic rings. The quantitative estimate of drug-likeness (QED) is 0.399. The molecule has 0 spiro atoms. The van der Waals surface area contributed by atoms with Gasteiger partial charge in [0.1, 0.15) is 0 Å². The molecule has 0 aliphatic rings. The van der Waals surface area contributed by atoms with Gasteiger partial charge in [-0.15, -0.1) is 0 Å². The third-order valence-electron chi connectivity index (χ3n) is 2.18. The number of nitrogens with two attached hydrogens (primary N) is 2. The van der Waals surface area contributed by atoms with Crippen molar-refractivity contribution >= 4 is 0 Å². The van der Waals surface area contributed by atoms with Gasteiger partial charge in [0, 0.05) is 13.0 Å². The first-order chi connectivity index (χ1) is 6.61. The van der Waals surface area contributed by atoms with Crippen LogP contribution in [0, 0.1) is 0 Å². The maximum atomic E-state index is 9.63. The van der Waals surface area contributed by atoms with Crippen molar-refractivity contribution in [3.05, 3.63) is 0 Å². The molecule has 4 heteroatoms. The minimum absolute atomic E-state index is 0.216. The highest BCUT2D eigenvalue weighted by Crippen LogP contribution is 2.09. The lowest BCUT2D eigenvalue weighted by atomic mass is 10.1. The Bertz CT molecular complexity index is 131. The van der Waals surface area contributed by atoms with Crippen molar-refractivity contribution in [2.24, 2.45) is 11.5 Å². The number of rotatable bonds is 8. The molecule has 0 aliphatic carbocycles. The summed E-state index contributed by atoms with van der Waals surface area (Å²) in [6.07, 6.45) is 2.19. The molecule has 0 saturated heterocycles. The molecule has 0 bridgehead atoms. The van der Waals surface area contributed by atoms with E-state index in [0.717, 1.165) is 12.8 Å². The molecule has 0 amide bonds. The Morgan fingerprint density at radius 1 is 1.29 bits per heavy atom. The van der Waals surface area contributed by atoms with Gasteiger partial charge < -0.3 is 21.3 Å². The van der Waals surface area contributed by atoms with Crippen LogP contribution in [0.25, 0.3) is 0 Å². The van der Waals surface area contributed by atoms with E-state index in [1.165, 1.54) is 0 Å². The Kier molecular flexibility index (Phi) is 8.08. The molecule has 0 aromatic carbocycles. The molecule has 5 N–H and O–H groups in total. The number of unbranched alkanes of at least 4 members (excludes halogenated alkanes) is 1. The van der Waals surface area contributed by atoms with Crippen molar-refractivity contribution in [1.82, 2.24) is 0 Å². The number of hydrogen-bond donors (Lipinski definition) is 3. The van der Waals surface area contributed by atoms with Crippen molar-refractivity contribution < 1.29 is 9.84 Å². The molecule has 0 aromatic heterocycles. The maximum Gasteiger partial charge on any atom is 0.0861 e. The predicted molar refractivity (Wildman–Crippen MR) is 57.7 cm³/mol. The highest BCUT2D eigenvalue weighted by Gasteiger charge is 2.19. The zero-order chi connectivity index (χ0) is 11.0. The fraction of sp³-hybridized carbons (Fsp3) is 1.00. The van der Waals surface area contributed by atoms with Crippen molar-refractivity contribution in [2.75, 3.05) is 6.61 Å². The van der Waals surface area contributed by atoms with Crippen LogP contribution < -0.4 is 11.5 Å². The van der Waals surface area contributed by atoms with Crippen molar-refractivity contribution in [2.45, 2.75) is 57.9 Å². The largest absolute Gasteiger partial charge is 0.390 e. The van der Waals surface area contributed by atoms with E-state index in [2.05, 4.69) is 6.92 Å². The molecule has 0 rings (SSSR count).